The zero-order valence-electron chi connectivity index (χ0n) is 10.6. The third-order valence-corrected chi connectivity index (χ3v) is 4.23. The van der Waals surface area contributed by atoms with Gasteiger partial charge in [-0.2, -0.15) is 13.2 Å². The molecule has 1 aromatic rings. The third-order valence-electron chi connectivity index (χ3n) is 4.23. The van der Waals surface area contributed by atoms with Crippen LogP contribution in [0.5, 0.6) is 0 Å². The molecule has 0 bridgehead atoms. The van der Waals surface area contributed by atoms with E-state index in [2.05, 4.69) is 5.32 Å². The number of piperazine rings is 1. The lowest BCUT2D eigenvalue weighted by atomic mass is 10.0. The highest BCUT2D eigenvalue weighted by Gasteiger charge is 2.66. The molecule has 3 rings (SSSR count). The largest absolute Gasteiger partial charge is 0.406 e. The van der Waals surface area contributed by atoms with Crippen molar-refractivity contribution in [2.75, 3.05) is 19.6 Å². The SMILES string of the molecule is FC(F)(F)C1(N2CCNC(c3ccccc3)C2)CC1. The summed E-state index contributed by atoms with van der Waals surface area (Å²) in [6.07, 6.45) is -3.61. The molecule has 1 aliphatic heterocycles. The summed E-state index contributed by atoms with van der Waals surface area (Å²) in [6.45, 7) is 1.52. The molecule has 2 aliphatic rings. The van der Waals surface area contributed by atoms with Crippen LogP contribution in [-0.4, -0.2) is 36.2 Å². The Morgan fingerprint density at radius 2 is 1.84 bits per heavy atom. The highest BCUT2D eigenvalue weighted by molar-refractivity contribution is 5.21. The van der Waals surface area contributed by atoms with Gasteiger partial charge in [0.1, 0.15) is 5.54 Å². The van der Waals surface area contributed by atoms with Crippen molar-refractivity contribution < 1.29 is 13.2 Å². The molecule has 1 aliphatic carbocycles. The minimum Gasteiger partial charge on any atom is -0.308 e. The summed E-state index contributed by atoms with van der Waals surface area (Å²) >= 11 is 0. The van der Waals surface area contributed by atoms with Gasteiger partial charge in [-0.1, -0.05) is 30.3 Å². The molecular weight excluding hydrogens is 253 g/mol. The molecule has 104 valence electrons. The maximum Gasteiger partial charge on any atom is 0.406 e. The van der Waals surface area contributed by atoms with Crippen LogP contribution < -0.4 is 5.32 Å². The van der Waals surface area contributed by atoms with E-state index in [4.69, 9.17) is 0 Å². The van der Waals surface area contributed by atoms with E-state index in [0.29, 0.717) is 19.6 Å². The first-order valence-electron chi connectivity index (χ1n) is 6.63. The Morgan fingerprint density at radius 3 is 2.42 bits per heavy atom. The molecule has 19 heavy (non-hydrogen) atoms. The highest BCUT2D eigenvalue weighted by atomic mass is 19.4. The summed E-state index contributed by atoms with van der Waals surface area (Å²) in [5.74, 6) is 0. The van der Waals surface area contributed by atoms with Crippen LogP contribution in [-0.2, 0) is 0 Å². The summed E-state index contributed by atoms with van der Waals surface area (Å²) < 4.78 is 39.4. The van der Waals surface area contributed by atoms with Gasteiger partial charge in [0, 0.05) is 25.7 Å². The average molecular weight is 270 g/mol. The number of rotatable bonds is 2. The van der Waals surface area contributed by atoms with E-state index in [1.807, 2.05) is 30.3 Å². The summed E-state index contributed by atoms with van der Waals surface area (Å²) in [6, 6.07) is 9.69. The second kappa shape index (κ2) is 4.49. The summed E-state index contributed by atoms with van der Waals surface area (Å²) in [4.78, 5) is 1.63. The zero-order valence-corrected chi connectivity index (χ0v) is 10.6. The van der Waals surface area contributed by atoms with E-state index in [1.165, 1.54) is 0 Å². The molecule has 1 heterocycles. The first-order chi connectivity index (χ1) is 9.03. The first kappa shape index (κ1) is 12.9. The minimum absolute atomic E-state index is 0.00484. The third kappa shape index (κ3) is 2.25. The molecule has 1 saturated carbocycles. The van der Waals surface area contributed by atoms with Crippen molar-refractivity contribution in [3.8, 4) is 0 Å². The lowest BCUT2D eigenvalue weighted by Crippen LogP contribution is -2.56. The Morgan fingerprint density at radius 1 is 1.16 bits per heavy atom. The predicted molar refractivity (Wildman–Crippen MR) is 66.8 cm³/mol. The van der Waals surface area contributed by atoms with Crippen LogP contribution in [0.1, 0.15) is 24.4 Å². The van der Waals surface area contributed by atoms with Crippen molar-refractivity contribution >= 4 is 0 Å². The van der Waals surface area contributed by atoms with Crippen molar-refractivity contribution in [1.82, 2.24) is 10.2 Å². The Labute approximate surface area is 110 Å². The van der Waals surface area contributed by atoms with Crippen LogP contribution in [0.4, 0.5) is 13.2 Å². The molecule has 1 saturated heterocycles. The number of alkyl halides is 3. The Balaban J connectivity index is 1.76. The van der Waals surface area contributed by atoms with E-state index in [9.17, 15) is 13.2 Å². The molecule has 0 radical (unpaired) electrons. The van der Waals surface area contributed by atoms with Crippen LogP contribution in [0.15, 0.2) is 30.3 Å². The van der Waals surface area contributed by atoms with Crippen molar-refractivity contribution in [1.29, 1.82) is 0 Å². The number of halogens is 3. The van der Waals surface area contributed by atoms with Gasteiger partial charge >= 0.3 is 6.18 Å². The Kier molecular flexibility index (Phi) is 3.06. The zero-order chi connectivity index (χ0) is 13.5. The molecule has 5 heteroatoms. The molecule has 1 N–H and O–H groups in total. The Bertz CT molecular complexity index is 440. The van der Waals surface area contributed by atoms with Crippen LogP contribution in [0.25, 0.3) is 0 Å². The standard InChI is InChI=1S/C14H17F3N2/c15-14(16,17)13(6-7-13)19-9-8-18-12(10-19)11-4-2-1-3-5-11/h1-5,12,18H,6-10H2. The molecule has 1 unspecified atom stereocenters. The van der Waals surface area contributed by atoms with Gasteiger partial charge in [0.05, 0.1) is 0 Å². The smallest absolute Gasteiger partial charge is 0.308 e. The van der Waals surface area contributed by atoms with E-state index in [0.717, 1.165) is 5.56 Å². The van der Waals surface area contributed by atoms with Crippen molar-refractivity contribution in [3.05, 3.63) is 35.9 Å². The molecule has 1 aromatic carbocycles. The van der Waals surface area contributed by atoms with Crippen LogP contribution in [0, 0.1) is 0 Å². The van der Waals surface area contributed by atoms with Crippen LogP contribution in [0.2, 0.25) is 0 Å². The molecule has 0 amide bonds. The molecule has 2 nitrogen and oxygen atoms in total. The average Bonchev–Trinajstić information content (AvgIpc) is 3.21. The fourth-order valence-corrected chi connectivity index (χ4v) is 2.94. The molecule has 2 fully saturated rings. The topological polar surface area (TPSA) is 15.3 Å². The van der Waals surface area contributed by atoms with E-state index < -0.39 is 11.7 Å². The number of nitrogens with zero attached hydrogens (tertiary/aromatic N) is 1. The van der Waals surface area contributed by atoms with Gasteiger partial charge in [0.15, 0.2) is 0 Å². The molecule has 0 aromatic heterocycles. The van der Waals surface area contributed by atoms with Gasteiger partial charge in [0.25, 0.3) is 0 Å². The summed E-state index contributed by atoms with van der Waals surface area (Å²) in [7, 11) is 0. The maximum absolute atomic E-state index is 13.1. The summed E-state index contributed by atoms with van der Waals surface area (Å²) in [5, 5.41) is 3.31. The molecule has 0 spiro atoms. The van der Waals surface area contributed by atoms with Crippen molar-refractivity contribution in [2.45, 2.75) is 30.6 Å². The fraction of sp³-hybridized carbons (Fsp3) is 0.571. The second-order valence-corrected chi connectivity index (χ2v) is 5.39. The normalized spacial score (nSPS) is 27.2. The lowest BCUT2D eigenvalue weighted by Gasteiger charge is -2.40. The van der Waals surface area contributed by atoms with Crippen LogP contribution in [0.3, 0.4) is 0 Å². The quantitative estimate of drug-likeness (QED) is 0.889. The van der Waals surface area contributed by atoms with Crippen molar-refractivity contribution in [3.63, 3.8) is 0 Å². The maximum atomic E-state index is 13.1. The number of benzene rings is 1. The van der Waals surface area contributed by atoms with Gasteiger partial charge in [-0.3, -0.25) is 4.90 Å². The van der Waals surface area contributed by atoms with Gasteiger partial charge in [-0.15, -0.1) is 0 Å². The van der Waals surface area contributed by atoms with Gasteiger partial charge in [-0.05, 0) is 18.4 Å². The number of hydrogen-bond donors (Lipinski definition) is 1. The number of hydrogen-bond acceptors (Lipinski definition) is 2. The summed E-state index contributed by atoms with van der Waals surface area (Å²) in [5.41, 5.74) is -0.479. The molecule has 1 atom stereocenters. The van der Waals surface area contributed by atoms with Crippen molar-refractivity contribution in [2.24, 2.45) is 0 Å². The van der Waals surface area contributed by atoms with Gasteiger partial charge < -0.3 is 5.32 Å². The van der Waals surface area contributed by atoms with E-state index >= 15 is 0 Å². The van der Waals surface area contributed by atoms with Gasteiger partial charge in [-0.25, -0.2) is 0 Å². The van der Waals surface area contributed by atoms with E-state index in [-0.39, 0.29) is 18.9 Å². The Hall–Kier alpha value is -1.07. The minimum atomic E-state index is -4.11. The first-order valence-corrected chi connectivity index (χ1v) is 6.63. The second-order valence-electron chi connectivity index (χ2n) is 5.39. The predicted octanol–water partition coefficient (Wildman–Crippen LogP) is 2.73. The lowest BCUT2D eigenvalue weighted by molar-refractivity contribution is -0.199. The number of nitrogens with one attached hydrogen (secondary N) is 1. The molecular formula is C14H17F3N2. The van der Waals surface area contributed by atoms with E-state index in [1.54, 1.807) is 4.90 Å². The monoisotopic (exact) mass is 270 g/mol. The van der Waals surface area contributed by atoms with Crippen LogP contribution >= 0.6 is 0 Å². The highest BCUT2D eigenvalue weighted by Crippen LogP contribution is 2.54. The van der Waals surface area contributed by atoms with Gasteiger partial charge in [0.2, 0.25) is 0 Å². The fourth-order valence-electron chi connectivity index (χ4n) is 2.94.